The Morgan fingerprint density at radius 1 is 1.24 bits per heavy atom. The largest absolute Gasteiger partial charge is 0.387 e. The summed E-state index contributed by atoms with van der Waals surface area (Å²) in [6, 6.07) is 5.00. The van der Waals surface area contributed by atoms with Crippen molar-refractivity contribution in [2.24, 2.45) is 11.7 Å². The highest BCUT2D eigenvalue weighted by atomic mass is 35.5. The summed E-state index contributed by atoms with van der Waals surface area (Å²) in [7, 11) is 0. The number of nitrogens with two attached hydrogens (primary N) is 1. The zero-order valence-electron chi connectivity index (χ0n) is 19.5. The lowest BCUT2D eigenvalue weighted by Crippen LogP contribution is -2.65. The minimum Gasteiger partial charge on any atom is -0.387 e. The summed E-state index contributed by atoms with van der Waals surface area (Å²) in [5.41, 5.74) is 7.45. The smallest absolute Gasteiger partial charge is 0.149 e. The number of likely N-dealkylation sites (tertiary alicyclic amines) is 1. The van der Waals surface area contributed by atoms with Crippen molar-refractivity contribution < 1.29 is 24.1 Å². The average Bonchev–Trinajstić information content (AvgIpc) is 3.39. The molecular weight excluding hydrogens is 463 g/mol. The van der Waals surface area contributed by atoms with Gasteiger partial charge in [0.2, 0.25) is 0 Å². The topological polar surface area (TPSA) is 103 Å². The van der Waals surface area contributed by atoms with Crippen molar-refractivity contribution in [3.8, 4) is 0 Å². The average molecular weight is 499 g/mol. The van der Waals surface area contributed by atoms with E-state index in [-0.39, 0.29) is 24.9 Å². The molecule has 3 saturated heterocycles. The number of rotatable bonds is 6. The standard InChI is InChI=1S/C24H36ClFN4O4/c1-2-3-4-8-29-12-28-22(27)15-7-9-30(23(15)29)24-19(32)18(31)21(34-24)20-14-6-5-13(25)10-16(14)17(26)11-33-20/h5-6,10,15,17-24,28,31-32H,2-4,7-9,11-12,27H2,1H3/t15?,17-,18+,19-,20-,21+,22?,23?,24-/m1/s1. The lowest BCUT2D eigenvalue weighted by Gasteiger charge is -2.46. The highest BCUT2D eigenvalue weighted by Crippen LogP contribution is 2.44. The van der Waals surface area contributed by atoms with Gasteiger partial charge in [0.25, 0.3) is 0 Å². The summed E-state index contributed by atoms with van der Waals surface area (Å²) in [6.07, 6.45) is -1.64. The molecule has 190 valence electrons. The highest BCUT2D eigenvalue weighted by molar-refractivity contribution is 6.30. The number of ether oxygens (including phenoxy) is 2. The molecule has 0 radical (unpaired) electrons. The van der Waals surface area contributed by atoms with Crippen LogP contribution in [0, 0.1) is 5.92 Å². The van der Waals surface area contributed by atoms with E-state index >= 15 is 0 Å². The lowest BCUT2D eigenvalue weighted by atomic mass is 9.91. The normalized spacial score (nSPS) is 40.9. The van der Waals surface area contributed by atoms with E-state index in [1.165, 1.54) is 0 Å². The first kappa shape index (κ1) is 24.8. The maximum Gasteiger partial charge on any atom is 0.149 e. The van der Waals surface area contributed by atoms with Gasteiger partial charge in [-0.2, -0.15) is 0 Å². The summed E-state index contributed by atoms with van der Waals surface area (Å²) in [4.78, 5) is 4.52. The second kappa shape index (κ2) is 10.2. The third-order valence-electron chi connectivity index (χ3n) is 7.87. The fourth-order valence-electron chi connectivity index (χ4n) is 6.12. The van der Waals surface area contributed by atoms with Crippen LogP contribution in [0.1, 0.15) is 56.0 Å². The number of nitrogens with zero attached hydrogens (tertiary/aromatic N) is 2. The molecule has 10 heteroatoms. The molecule has 5 N–H and O–H groups in total. The Hall–Kier alpha value is -0.880. The van der Waals surface area contributed by atoms with Crippen molar-refractivity contribution in [2.45, 2.75) is 81.8 Å². The third-order valence-corrected chi connectivity index (χ3v) is 8.11. The number of fused-ring (bicyclic) bond motifs is 2. The minimum absolute atomic E-state index is 0.0206. The van der Waals surface area contributed by atoms with Gasteiger partial charge in [-0.25, -0.2) is 4.39 Å². The molecule has 0 aliphatic carbocycles. The molecule has 4 aliphatic heterocycles. The molecule has 4 heterocycles. The summed E-state index contributed by atoms with van der Waals surface area (Å²) < 4.78 is 26.7. The molecule has 8 nitrogen and oxygen atoms in total. The molecule has 0 aromatic heterocycles. The predicted octanol–water partition coefficient (Wildman–Crippen LogP) is 1.85. The number of hydrogen-bond donors (Lipinski definition) is 4. The molecular formula is C24H36ClFN4O4. The van der Waals surface area contributed by atoms with Gasteiger partial charge in [0, 0.05) is 24.0 Å². The van der Waals surface area contributed by atoms with Crippen molar-refractivity contribution in [1.29, 1.82) is 0 Å². The van der Waals surface area contributed by atoms with E-state index in [1.54, 1.807) is 18.2 Å². The first-order chi connectivity index (χ1) is 16.4. The van der Waals surface area contributed by atoms with E-state index in [0.717, 1.165) is 32.2 Å². The molecule has 4 aliphatic rings. The predicted molar refractivity (Wildman–Crippen MR) is 125 cm³/mol. The van der Waals surface area contributed by atoms with Crippen LogP contribution in [-0.2, 0) is 9.47 Å². The Kier molecular flexibility index (Phi) is 7.47. The maximum atomic E-state index is 14.5. The molecule has 1 aromatic carbocycles. The van der Waals surface area contributed by atoms with Gasteiger partial charge >= 0.3 is 0 Å². The van der Waals surface area contributed by atoms with E-state index < -0.39 is 36.8 Å². The zero-order valence-corrected chi connectivity index (χ0v) is 20.3. The number of unbranched alkanes of at least 4 members (excludes halogenated alkanes) is 2. The first-order valence-corrected chi connectivity index (χ1v) is 12.8. The summed E-state index contributed by atoms with van der Waals surface area (Å²) in [5, 5.41) is 26.0. The molecule has 0 spiro atoms. The summed E-state index contributed by atoms with van der Waals surface area (Å²) in [6.45, 7) is 4.35. The SMILES string of the molecule is CCCCCN1CNC(N)C2CCN([C@@H]3O[C@H]([C@@H]4OC[C@@H](F)c5cc(Cl)ccc54)[C@@H](O)[C@H]3O)C21. The van der Waals surface area contributed by atoms with Gasteiger partial charge in [-0.3, -0.25) is 15.1 Å². The van der Waals surface area contributed by atoms with Crippen LogP contribution in [0.25, 0.3) is 0 Å². The van der Waals surface area contributed by atoms with Crippen LogP contribution in [-0.4, -0.2) is 83.2 Å². The van der Waals surface area contributed by atoms with Gasteiger partial charge in [0.15, 0.2) is 0 Å². The van der Waals surface area contributed by atoms with Gasteiger partial charge in [0.1, 0.15) is 36.8 Å². The third kappa shape index (κ3) is 4.40. The van der Waals surface area contributed by atoms with Crippen molar-refractivity contribution in [3.63, 3.8) is 0 Å². The lowest BCUT2D eigenvalue weighted by molar-refractivity contribution is -0.162. The number of aliphatic hydroxyl groups excluding tert-OH is 2. The number of aliphatic hydroxyl groups is 2. The van der Waals surface area contributed by atoms with E-state index in [4.69, 9.17) is 26.8 Å². The Morgan fingerprint density at radius 3 is 2.85 bits per heavy atom. The Balaban J connectivity index is 1.37. The minimum atomic E-state index is -1.29. The number of nitrogens with one attached hydrogen (secondary N) is 1. The Bertz CT molecular complexity index is 868. The monoisotopic (exact) mass is 498 g/mol. The molecule has 0 bridgehead atoms. The Morgan fingerprint density at radius 2 is 2.06 bits per heavy atom. The number of benzene rings is 1. The molecule has 3 unspecified atom stereocenters. The van der Waals surface area contributed by atoms with Crippen molar-refractivity contribution in [1.82, 2.24) is 15.1 Å². The van der Waals surface area contributed by atoms with Crippen LogP contribution in [0.5, 0.6) is 0 Å². The number of hydrogen-bond acceptors (Lipinski definition) is 8. The number of halogens is 2. The number of alkyl halides is 1. The van der Waals surface area contributed by atoms with Crippen LogP contribution in [0.3, 0.4) is 0 Å². The van der Waals surface area contributed by atoms with Crippen LogP contribution >= 0.6 is 11.6 Å². The molecule has 0 amide bonds. The van der Waals surface area contributed by atoms with Crippen molar-refractivity contribution in [2.75, 3.05) is 26.4 Å². The van der Waals surface area contributed by atoms with Crippen LogP contribution in [0.4, 0.5) is 4.39 Å². The van der Waals surface area contributed by atoms with Gasteiger partial charge < -0.3 is 25.4 Å². The fourth-order valence-corrected chi connectivity index (χ4v) is 6.30. The van der Waals surface area contributed by atoms with Gasteiger partial charge in [-0.05, 0) is 36.1 Å². The molecule has 9 atom stereocenters. The maximum absolute atomic E-state index is 14.5. The first-order valence-electron chi connectivity index (χ1n) is 12.5. The van der Waals surface area contributed by atoms with Gasteiger partial charge in [-0.15, -0.1) is 0 Å². The molecule has 0 saturated carbocycles. The highest BCUT2D eigenvalue weighted by Gasteiger charge is 2.55. The zero-order chi connectivity index (χ0) is 24.0. The van der Waals surface area contributed by atoms with Gasteiger partial charge in [0.05, 0.1) is 25.6 Å². The van der Waals surface area contributed by atoms with Gasteiger partial charge in [-0.1, -0.05) is 37.4 Å². The van der Waals surface area contributed by atoms with E-state index in [0.29, 0.717) is 29.4 Å². The van der Waals surface area contributed by atoms with Crippen LogP contribution < -0.4 is 11.1 Å². The molecule has 34 heavy (non-hydrogen) atoms. The van der Waals surface area contributed by atoms with E-state index in [1.807, 2.05) is 0 Å². The summed E-state index contributed by atoms with van der Waals surface area (Å²) >= 11 is 6.09. The second-order valence-electron chi connectivity index (χ2n) is 9.98. The van der Waals surface area contributed by atoms with E-state index in [2.05, 4.69) is 22.0 Å². The quantitative estimate of drug-likeness (QED) is 0.441. The van der Waals surface area contributed by atoms with Crippen LogP contribution in [0.2, 0.25) is 5.02 Å². The second-order valence-corrected chi connectivity index (χ2v) is 10.4. The Labute approximate surface area is 205 Å². The molecule has 5 rings (SSSR count). The molecule has 3 fully saturated rings. The van der Waals surface area contributed by atoms with Crippen molar-refractivity contribution >= 4 is 11.6 Å². The molecule has 1 aromatic rings. The van der Waals surface area contributed by atoms with Crippen molar-refractivity contribution in [3.05, 3.63) is 34.3 Å². The van der Waals surface area contributed by atoms with E-state index in [9.17, 15) is 14.6 Å². The van der Waals surface area contributed by atoms with Crippen LogP contribution in [0.15, 0.2) is 18.2 Å². The fraction of sp³-hybridized carbons (Fsp3) is 0.750. The summed E-state index contributed by atoms with van der Waals surface area (Å²) in [5.74, 6) is 0.198.